The second-order valence-electron chi connectivity index (χ2n) is 25.3. The molecule has 25 N–H and O–H groups in total. The highest BCUT2D eigenvalue weighted by molar-refractivity contribution is 6.32. The van der Waals surface area contributed by atoms with Crippen LogP contribution in [-0.2, 0) is 162 Å². The Hall–Kier alpha value is -13.1. The van der Waals surface area contributed by atoms with E-state index in [9.17, 15) is 101 Å². The lowest BCUT2D eigenvalue weighted by atomic mass is 10.1. The van der Waals surface area contributed by atoms with Crippen LogP contribution >= 0.6 is 0 Å². The van der Waals surface area contributed by atoms with E-state index < -0.39 is 110 Å². The highest BCUT2D eigenvalue weighted by Gasteiger charge is 2.25. The van der Waals surface area contributed by atoms with Crippen LogP contribution in [0.5, 0.6) is 0 Å². The molecule has 7 atom stereocenters. The quantitative estimate of drug-likeness (QED) is 0.00672. The number of carboxylic acids is 4. The summed E-state index contributed by atoms with van der Waals surface area (Å²) in [5.41, 5.74) is 0. The Balaban J connectivity index is -0.0000000944. The number of ketones is 1. The zero-order valence-electron chi connectivity index (χ0n) is 83.1. The Kier molecular flexibility index (Phi) is 150. The molecule has 0 aromatic heterocycles. The van der Waals surface area contributed by atoms with E-state index in [2.05, 4.69) is 73.4 Å². The highest BCUT2D eigenvalue weighted by Crippen LogP contribution is 2.08. The van der Waals surface area contributed by atoms with Gasteiger partial charge >= 0.3 is 53.7 Å². The lowest BCUT2D eigenvalue weighted by Crippen LogP contribution is -2.34. The number of likely N-dealkylation sites (N-methyl/N-ethyl adjacent to an activating group) is 3. The molecule has 840 valence electrons. The first kappa shape index (κ1) is 163. The number of carbonyl (C=O) groups is 21. The largest absolute Gasteiger partial charge is 0.481 e. The number of hydrogen-bond acceptors (Lipinski definition) is 52. The van der Waals surface area contributed by atoms with Crippen molar-refractivity contribution in [3.05, 3.63) is 0 Å². The smallest absolute Gasteiger partial charge is 0.374 e. The van der Waals surface area contributed by atoms with Crippen molar-refractivity contribution in [2.24, 2.45) is 5.92 Å². The number of esters is 5. The van der Waals surface area contributed by atoms with E-state index in [0.29, 0.717) is 137 Å². The van der Waals surface area contributed by atoms with Gasteiger partial charge in [-0.3, -0.25) is 128 Å². The molecule has 4 rings (SSSR count). The number of aliphatic carboxylic acids is 4. The number of nitrogens with one attached hydrogen (secondary N) is 7. The van der Waals surface area contributed by atoms with Crippen LogP contribution < -0.4 is 21.3 Å². The minimum atomic E-state index is -1.29. The number of Topliss-reactive ketones (excluding diaryl/α,β-unsaturated/α-hetero) is 1. The average molecular weight is 2100 g/mol. The van der Waals surface area contributed by atoms with Gasteiger partial charge < -0.3 is 174 Å². The molecule has 143 heavy (non-hydrogen) atoms. The zero-order valence-corrected chi connectivity index (χ0v) is 83.1. The maximum absolute atomic E-state index is 11.2. The molecule has 0 radical (unpaired) electrons. The van der Waals surface area contributed by atoms with E-state index in [1.165, 1.54) is 6.92 Å². The second kappa shape index (κ2) is 131. The van der Waals surface area contributed by atoms with Crippen LogP contribution in [0, 0.1) is 22.1 Å². The lowest BCUT2D eigenvalue weighted by molar-refractivity contribution is -0.155. The standard InChI is InChI=1S/C10H18O5.C8H15NO4.C7H12O6.C6H10O6.C6H10O5.3C4H7N3O.C4H8O3.C3H8O3.8C3H6O2.CH4O/c1-8(6-9(12)13)7-15-10(14)4-2-3-5-11;10-4-6(11)5-13-8(12)7-2-1-3-9-7;8-3-5(9)4-13-7(12)2-1-6(10)11;7-2-4(8)3-12-6(11)1-5(9)10;1-4(8)6(10)11-3-5(9)2-7;3*1-7-2-3(8)6-4(7)5;1-3(5)2-4(6)7;4-1-3(6)2-5;8*1-2-5-3-4;1-2/h8,11H,2-7H2,1H3,(H,12,13);6-7,9-11H,1-5H2;5,8-9H,1-4H2,(H,10,11);4,7-8H,1-3H2,(H,9,10);5,7,9H,2-3H2,1H3;3*2H2,1H3,(H2,5,6,8);3,5H,2H2,1H3,(H,6,7);3-6H,1-2H2;8*3H,2H2,1H3;2H,1H3/t;6?,7-;;;;;;;;;;;;;;;;;/m.0................./s1. The number of nitrogens with zero attached hydrogens (tertiary/aromatic N) is 3. The molecule has 4 saturated heterocycles. The summed E-state index contributed by atoms with van der Waals surface area (Å²) >= 11 is 0. The van der Waals surface area contributed by atoms with Gasteiger partial charge in [0.05, 0.1) is 151 Å². The van der Waals surface area contributed by atoms with Crippen molar-refractivity contribution in [3.8, 4) is 0 Å². The van der Waals surface area contributed by atoms with E-state index in [1.807, 2.05) is 0 Å². The molecule has 0 aromatic carbocycles. The Bertz CT molecular complexity index is 3020. The Labute approximate surface area is 826 Å². The summed E-state index contributed by atoms with van der Waals surface area (Å²) in [6.45, 7) is 23.7. The molecule has 0 saturated carbocycles. The van der Waals surface area contributed by atoms with Crippen LogP contribution in [-0.4, -0.2) is 483 Å². The molecule has 4 aliphatic rings. The third kappa shape index (κ3) is 163. The number of unbranched alkanes of at least 4 members (excludes halogenated alkanes) is 1. The molecule has 62 heteroatoms. The van der Waals surface area contributed by atoms with Crippen molar-refractivity contribution in [1.29, 1.82) is 16.2 Å². The van der Waals surface area contributed by atoms with Gasteiger partial charge in [0.1, 0.15) is 69.4 Å². The predicted octanol–water partition coefficient (Wildman–Crippen LogP) is -8.82. The summed E-state index contributed by atoms with van der Waals surface area (Å²) in [6.07, 6.45) is -4.22. The van der Waals surface area contributed by atoms with E-state index in [1.54, 1.807) is 98.2 Å². The predicted molar refractivity (Wildman–Crippen MR) is 490 cm³/mol. The van der Waals surface area contributed by atoms with E-state index in [-0.39, 0.29) is 151 Å². The molecule has 4 fully saturated rings. The molecule has 4 heterocycles. The number of guanidine groups is 3. The number of rotatable bonds is 47. The molecular weight excluding hydrogens is 1940 g/mol. The van der Waals surface area contributed by atoms with Crippen molar-refractivity contribution in [2.75, 3.05) is 187 Å². The fourth-order valence-corrected chi connectivity index (χ4v) is 6.07. The minimum absolute atomic E-state index is 0.00389. The third-order valence-electron chi connectivity index (χ3n) is 12.7. The molecule has 6 unspecified atom stereocenters. The molecule has 4 aliphatic heterocycles. The lowest BCUT2D eigenvalue weighted by Gasteiger charge is -2.12. The van der Waals surface area contributed by atoms with Crippen molar-refractivity contribution in [3.63, 3.8) is 0 Å². The first-order valence-electron chi connectivity index (χ1n) is 42.3. The molecule has 3 amide bonds. The number of carbonyl (C=O) groups excluding carboxylic acids is 17. The molecule has 0 bridgehead atoms. The molecule has 0 aliphatic carbocycles. The Morgan fingerprint density at radius 2 is 0.664 bits per heavy atom. The van der Waals surface area contributed by atoms with E-state index in [4.69, 9.17) is 118 Å². The molecular formula is C81H154N10O52. The Morgan fingerprint density at radius 3 is 0.853 bits per heavy atom. The Morgan fingerprint density at radius 1 is 0.385 bits per heavy atom. The third-order valence-corrected chi connectivity index (χ3v) is 12.7. The first-order valence-corrected chi connectivity index (χ1v) is 42.3. The van der Waals surface area contributed by atoms with Gasteiger partial charge in [-0.15, -0.1) is 0 Å². The number of hydrogen-bond donors (Lipinski definition) is 25. The molecule has 62 nitrogen and oxygen atoms in total. The maximum atomic E-state index is 11.2. The van der Waals surface area contributed by atoms with Gasteiger partial charge in [-0.2, -0.15) is 0 Å². The number of carboxylic acid groups (broad SMARTS) is 4. The van der Waals surface area contributed by atoms with Crippen LogP contribution in [0.25, 0.3) is 0 Å². The van der Waals surface area contributed by atoms with Gasteiger partial charge in [-0.05, 0) is 94.5 Å². The van der Waals surface area contributed by atoms with E-state index in [0.717, 1.165) is 33.4 Å². The summed E-state index contributed by atoms with van der Waals surface area (Å²) in [4.78, 5) is 213. The SMILES string of the molecule is CC(=O)C(=O)OCC(O)CO.CC(COC(=O)CCCCO)CC(=O)O.CC(O)CC(=O)O.CCOC=O.CCOC=O.CCOC=O.CCOC=O.CCOC=O.CCOC=O.CCOC=O.CCOC=O.CN1CC(=O)NC1=N.CN1CC(=O)NC1=N.CN1CC(=O)NC1=N.CO.O=C(O)CC(=O)OCC(O)CO.O=C(O)CCC(=O)OCC(O)CO.O=C(OCC(O)CO)[C@@H]1CCCN1.OCC(O)CO. The number of aliphatic hydroxyl groups excluding tert-OH is 14. The highest BCUT2D eigenvalue weighted by atomic mass is 16.6. The van der Waals surface area contributed by atoms with Gasteiger partial charge in [-0.1, -0.05) is 6.92 Å². The van der Waals surface area contributed by atoms with Gasteiger partial charge in [0.25, 0.3) is 51.8 Å². The van der Waals surface area contributed by atoms with Gasteiger partial charge in [-0.25, -0.2) is 4.79 Å². The summed E-state index contributed by atoms with van der Waals surface area (Å²) in [7, 11) is 6.08. The normalized spacial score (nSPS) is 12.8. The summed E-state index contributed by atoms with van der Waals surface area (Å²) in [5.74, 6) is -8.16. The van der Waals surface area contributed by atoms with Crippen LogP contribution in [0.1, 0.15) is 140 Å². The minimum Gasteiger partial charge on any atom is -0.481 e. The number of aliphatic hydroxyl groups is 14. The van der Waals surface area contributed by atoms with Crippen molar-refractivity contribution >= 4 is 147 Å². The monoisotopic (exact) mass is 2100 g/mol. The molecule has 0 spiro atoms. The fourth-order valence-electron chi connectivity index (χ4n) is 6.07. The van der Waals surface area contributed by atoms with Crippen LogP contribution in [0.15, 0.2) is 0 Å². The maximum Gasteiger partial charge on any atom is 0.374 e. The van der Waals surface area contributed by atoms with Crippen LogP contribution in [0.4, 0.5) is 0 Å². The summed E-state index contributed by atoms with van der Waals surface area (Å²) in [5, 5.41) is 180. The van der Waals surface area contributed by atoms with Crippen molar-refractivity contribution in [2.45, 2.75) is 183 Å². The first-order chi connectivity index (χ1) is 67.3. The van der Waals surface area contributed by atoms with Crippen molar-refractivity contribution < 1.29 is 254 Å². The summed E-state index contributed by atoms with van der Waals surface area (Å²) < 4.78 is 55.8. The number of amides is 3. The second-order valence-corrected chi connectivity index (χ2v) is 25.3. The summed E-state index contributed by atoms with van der Waals surface area (Å²) in [6, 6.07) is -0.231. The average Bonchev–Trinajstić information content (AvgIpc) is 1.79. The number of ether oxygens (including phenoxy) is 13. The van der Waals surface area contributed by atoms with Crippen LogP contribution in [0.2, 0.25) is 0 Å². The van der Waals surface area contributed by atoms with Crippen molar-refractivity contribution in [1.82, 2.24) is 36.0 Å². The topological polar surface area (TPSA) is 972 Å². The zero-order chi connectivity index (χ0) is 114. The molecule has 0 aromatic rings. The van der Waals surface area contributed by atoms with Crippen LogP contribution in [0.3, 0.4) is 0 Å². The fraction of sp³-hybridized carbons (Fsp3) is 0.704. The van der Waals surface area contributed by atoms with Gasteiger partial charge in [0.2, 0.25) is 23.5 Å². The van der Waals surface area contributed by atoms with E-state index >= 15 is 0 Å². The van der Waals surface area contributed by atoms with Gasteiger partial charge in [0, 0.05) is 54.1 Å². The van der Waals surface area contributed by atoms with Gasteiger partial charge in [0.15, 0.2) is 17.9 Å².